The highest BCUT2D eigenvalue weighted by molar-refractivity contribution is 5.73. The first-order valence-electron chi connectivity index (χ1n) is 5.83. The summed E-state index contributed by atoms with van der Waals surface area (Å²) in [5.41, 5.74) is 4.02. The standard InChI is InChI=1S/C15H13NO2/c1-11-4-2-3-5-12(11)9-17-13-6-7-15-14(8-13)16-10-18-15/h2-8,10H,9H2,1H3. The Hall–Kier alpha value is -2.29. The third-order valence-corrected chi connectivity index (χ3v) is 2.96. The van der Waals surface area contributed by atoms with Crippen LogP contribution in [0, 0.1) is 6.92 Å². The molecular formula is C15H13NO2. The molecule has 0 bridgehead atoms. The summed E-state index contributed by atoms with van der Waals surface area (Å²) in [5.74, 6) is 0.805. The van der Waals surface area contributed by atoms with Gasteiger partial charge in [0, 0.05) is 6.07 Å². The van der Waals surface area contributed by atoms with Crippen molar-refractivity contribution in [3.05, 3.63) is 60.0 Å². The highest BCUT2D eigenvalue weighted by atomic mass is 16.5. The number of ether oxygens (including phenoxy) is 1. The maximum atomic E-state index is 5.77. The van der Waals surface area contributed by atoms with Gasteiger partial charge in [0.15, 0.2) is 12.0 Å². The summed E-state index contributed by atoms with van der Waals surface area (Å²) in [4.78, 5) is 4.11. The highest BCUT2D eigenvalue weighted by Gasteiger charge is 2.02. The second-order valence-corrected chi connectivity index (χ2v) is 4.20. The largest absolute Gasteiger partial charge is 0.489 e. The molecule has 0 fully saturated rings. The van der Waals surface area contributed by atoms with Crippen LogP contribution < -0.4 is 4.74 Å². The van der Waals surface area contributed by atoms with Crippen molar-refractivity contribution < 1.29 is 9.15 Å². The molecule has 0 spiro atoms. The first kappa shape index (κ1) is 10.8. The number of oxazole rings is 1. The Morgan fingerprint density at radius 1 is 1.17 bits per heavy atom. The van der Waals surface area contributed by atoms with Crippen LogP contribution in [0.3, 0.4) is 0 Å². The second-order valence-electron chi connectivity index (χ2n) is 4.20. The molecule has 2 aromatic carbocycles. The Bertz CT molecular complexity index is 673. The predicted octanol–water partition coefficient (Wildman–Crippen LogP) is 3.72. The van der Waals surface area contributed by atoms with Gasteiger partial charge in [-0.05, 0) is 30.2 Å². The number of aryl methyl sites for hydroxylation is 1. The molecule has 0 aliphatic rings. The van der Waals surface area contributed by atoms with Gasteiger partial charge in [0.05, 0.1) is 0 Å². The van der Waals surface area contributed by atoms with Gasteiger partial charge in [-0.1, -0.05) is 24.3 Å². The molecule has 1 aromatic heterocycles. The number of benzene rings is 2. The van der Waals surface area contributed by atoms with E-state index >= 15 is 0 Å². The van der Waals surface area contributed by atoms with Crippen molar-refractivity contribution in [1.29, 1.82) is 0 Å². The van der Waals surface area contributed by atoms with E-state index in [9.17, 15) is 0 Å². The molecule has 0 aliphatic carbocycles. The van der Waals surface area contributed by atoms with Gasteiger partial charge in [-0.2, -0.15) is 0 Å². The van der Waals surface area contributed by atoms with Crippen LogP contribution in [0.5, 0.6) is 5.75 Å². The molecule has 3 aromatic rings. The van der Waals surface area contributed by atoms with Crippen LogP contribution >= 0.6 is 0 Å². The van der Waals surface area contributed by atoms with E-state index in [1.54, 1.807) is 0 Å². The minimum absolute atomic E-state index is 0.566. The van der Waals surface area contributed by atoms with Gasteiger partial charge in [0.1, 0.15) is 17.9 Å². The second kappa shape index (κ2) is 4.53. The van der Waals surface area contributed by atoms with Gasteiger partial charge in [-0.3, -0.25) is 0 Å². The Labute approximate surface area is 105 Å². The smallest absolute Gasteiger partial charge is 0.181 e. The van der Waals surface area contributed by atoms with Crippen molar-refractivity contribution in [2.24, 2.45) is 0 Å². The van der Waals surface area contributed by atoms with E-state index in [2.05, 4.69) is 24.0 Å². The average Bonchev–Trinajstić information content (AvgIpc) is 2.85. The molecule has 0 atom stereocenters. The van der Waals surface area contributed by atoms with Gasteiger partial charge in [-0.25, -0.2) is 4.98 Å². The minimum Gasteiger partial charge on any atom is -0.489 e. The first-order valence-corrected chi connectivity index (χ1v) is 5.83. The number of aromatic nitrogens is 1. The fourth-order valence-electron chi connectivity index (χ4n) is 1.86. The predicted molar refractivity (Wildman–Crippen MR) is 69.5 cm³/mol. The number of hydrogen-bond donors (Lipinski definition) is 0. The molecule has 0 unspecified atom stereocenters. The zero-order valence-electron chi connectivity index (χ0n) is 10.1. The van der Waals surface area contributed by atoms with Gasteiger partial charge in [0.2, 0.25) is 0 Å². The molecule has 90 valence electrons. The monoisotopic (exact) mass is 239 g/mol. The van der Waals surface area contributed by atoms with Crippen LogP contribution in [0.15, 0.2) is 53.3 Å². The van der Waals surface area contributed by atoms with Crippen LogP contribution in [0.2, 0.25) is 0 Å². The lowest BCUT2D eigenvalue weighted by atomic mass is 10.1. The fourth-order valence-corrected chi connectivity index (χ4v) is 1.86. The Morgan fingerprint density at radius 2 is 2.06 bits per heavy atom. The van der Waals surface area contributed by atoms with E-state index in [1.807, 2.05) is 30.3 Å². The van der Waals surface area contributed by atoms with Crippen molar-refractivity contribution in [1.82, 2.24) is 4.98 Å². The number of nitrogens with zero attached hydrogens (tertiary/aromatic N) is 1. The van der Waals surface area contributed by atoms with Crippen molar-refractivity contribution in [3.8, 4) is 5.75 Å². The number of rotatable bonds is 3. The summed E-state index contributed by atoms with van der Waals surface area (Å²) in [6.07, 6.45) is 1.44. The molecule has 1 heterocycles. The lowest BCUT2D eigenvalue weighted by Gasteiger charge is -2.08. The van der Waals surface area contributed by atoms with Crippen molar-refractivity contribution >= 4 is 11.1 Å². The van der Waals surface area contributed by atoms with Crippen LogP contribution in [-0.4, -0.2) is 4.98 Å². The normalized spacial score (nSPS) is 10.7. The molecule has 18 heavy (non-hydrogen) atoms. The van der Waals surface area contributed by atoms with Crippen LogP contribution in [0.25, 0.3) is 11.1 Å². The molecule has 0 radical (unpaired) electrons. The minimum atomic E-state index is 0.566. The fraction of sp³-hybridized carbons (Fsp3) is 0.133. The van der Waals surface area contributed by atoms with Crippen LogP contribution in [0.1, 0.15) is 11.1 Å². The summed E-state index contributed by atoms with van der Waals surface area (Å²) in [7, 11) is 0. The molecule has 0 amide bonds. The zero-order chi connectivity index (χ0) is 12.4. The summed E-state index contributed by atoms with van der Waals surface area (Å²) in [6.45, 7) is 2.65. The highest BCUT2D eigenvalue weighted by Crippen LogP contribution is 2.20. The number of hydrogen-bond acceptors (Lipinski definition) is 3. The van der Waals surface area contributed by atoms with Crippen molar-refractivity contribution in [2.45, 2.75) is 13.5 Å². The molecule has 3 nitrogen and oxygen atoms in total. The Kier molecular flexibility index (Phi) is 2.73. The Morgan fingerprint density at radius 3 is 2.94 bits per heavy atom. The summed E-state index contributed by atoms with van der Waals surface area (Å²) < 4.78 is 11.0. The Balaban J connectivity index is 1.78. The van der Waals surface area contributed by atoms with Gasteiger partial charge >= 0.3 is 0 Å². The van der Waals surface area contributed by atoms with Gasteiger partial charge in [0.25, 0.3) is 0 Å². The summed E-state index contributed by atoms with van der Waals surface area (Å²) in [5, 5.41) is 0. The molecule has 0 saturated heterocycles. The molecular weight excluding hydrogens is 226 g/mol. The zero-order valence-corrected chi connectivity index (χ0v) is 10.1. The summed E-state index contributed by atoms with van der Waals surface area (Å²) >= 11 is 0. The van der Waals surface area contributed by atoms with Gasteiger partial charge in [-0.15, -0.1) is 0 Å². The molecule has 0 N–H and O–H groups in total. The van der Waals surface area contributed by atoms with Crippen LogP contribution in [0.4, 0.5) is 0 Å². The molecule has 0 aliphatic heterocycles. The van der Waals surface area contributed by atoms with Crippen molar-refractivity contribution in [3.63, 3.8) is 0 Å². The SMILES string of the molecule is Cc1ccccc1COc1ccc2ocnc2c1. The van der Waals surface area contributed by atoms with E-state index in [-0.39, 0.29) is 0 Å². The van der Waals surface area contributed by atoms with E-state index < -0.39 is 0 Å². The van der Waals surface area contributed by atoms with E-state index in [4.69, 9.17) is 9.15 Å². The molecule has 3 heteroatoms. The lowest BCUT2D eigenvalue weighted by molar-refractivity contribution is 0.306. The first-order chi connectivity index (χ1) is 8.83. The van der Waals surface area contributed by atoms with E-state index in [0.717, 1.165) is 16.8 Å². The van der Waals surface area contributed by atoms with Crippen LogP contribution in [-0.2, 0) is 6.61 Å². The van der Waals surface area contributed by atoms with Crippen molar-refractivity contribution in [2.75, 3.05) is 0 Å². The lowest BCUT2D eigenvalue weighted by Crippen LogP contribution is -1.97. The maximum Gasteiger partial charge on any atom is 0.181 e. The van der Waals surface area contributed by atoms with E-state index in [0.29, 0.717) is 6.61 Å². The van der Waals surface area contributed by atoms with Gasteiger partial charge < -0.3 is 9.15 Å². The molecule has 0 saturated carbocycles. The average molecular weight is 239 g/mol. The topological polar surface area (TPSA) is 35.3 Å². The summed E-state index contributed by atoms with van der Waals surface area (Å²) in [6, 6.07) is 13.9. The third kappa shape index (κ3) is 2.07. The molecule has 3 rings (SSSR count). The maximum absolute atomic E-state index is 5.77. The number of fused-ring (bicyclic) bond motifs is 1. The van der Waals surface area contributed by atoms with E-state index in [1.165, 1.54) is 17.5 Å². The third-order valence-electron chi connectivity index (χ3n) is 2.96. The quantitative estimate of drug-likeness (QED) is 0.698.